The summed E-state index contributed by atoms with van der Waals surface area (Å²) in [6, 6.07) is 0. The molecular weight excluding hydrogens is 332 g/mol. The summed E-state index contributed by atoms with van der Waals surface area (Å²) in [4.78, 5) is 36.9. The van der Waals surface area contributed by atoms with Crippen molar-refractivity contribution in [2.24, 2.45) is 17.8 Å². The molecule has 140 valence electrons. The molecule has 0 aromatic carbocycles. The van der Waals surface area contributed by atoms with Crippen molar-refractivity contribution in [3.05, 3.63) is 30.4 Å². The molecule has 2 amide bonds. The molecule has 7 nitrogen and oxygen atoms in total. The highest BCUT2D eigenvalue weighted by molar-refractivity contribution is 5.92. The number of nitrogens with one attached hydrogen (secondary N) is 1. The number of rotatable bonds is 6. The SMILES string of the molecule is CC(C)CCN1C[C@]23C=C[C@H](O2)[C@H](C(=O)N(C)Cc2ncc[nH]2)[C@H]3C1=O. The van der Waals surface area contributed by atoms with Gasteiger partial charge in [-0.15, -0.1) is 0 Å². The first-order chi connectivity index (χ1) is 12.4. The zero-order valence-corrected chi connectivity index (χ0v) is 15.5. The first-order valence-electron chi connectivity index (χ1n) is 9.30. The van der Waals surface area contributed by atoms with Crippen LogP contribution in [0.1, 0.15) is 26.1 Å². The quantitative estimate of drug-likeness (QED) is 0.775. The maximum Gasteiger partial charge on any atom is 0.230 e. The van der Waals surface area contributed by atoms with Gasteiger partial charge < -0.3 is 19.5 Å². The van der Waals surface area contributed by atoms with Gasteiger partial charge in [-0.1, -0.05) is 26.0 Å². The summed E-state index contributed by atoms with van der Waals surface area (Å²) < 4.78 is 6.17. The van der Waals surface area contributed by atoms with E-state index in [-0.39, 0.29) is 17.9 Å². The second kappa shape index (κ2) is 6.23. The minimum absolute atomic E-state index is 0.0540. The number of nitrogens with zero attached hydrogens (tertiary/aromatic N) is 3. The summed E-state index contributed by atoms with van der Waals surface area (Å²) in [5.41, 5.74) is -0.620. The van der Waals surface area contributed by atoms with Gasteiger partial charge >= 0.3 is 0 Å². The third-order valence-electron chi connectivity index (χ3n) is 5.76. The zero-order valence-electron chi connectivity index (χ0n) is 15.5. The smallest absolute Gasteiger partial charge is 0.230 e. The highest BCUT2D eigenvalue weighted by Gasteiger charge is 2.66. The van der Waals surface area contributed by atoms with Crippen LogP contribution in [0.3, 0.4) is 0 Å². The Morgan fingerprint density at radius 1 is 1.54 bits per heavy atom. The standard InChI is InChI=1S/C19H26N4O3/c1-12(2)5-9-23-11-19-6-4-13(26-19)15(16(19)18(23)25)17(24)22(3)10-14-20-7-8-21-14/h4,6-8,12-13,15-16H,5,9-11H2,1-3H3,(H,20,21)/t13-,15-,16-,19-/m0/s1. The molecule has 4 atom stereocenters. The number of aromatic amines is 1. The maximum absolute atomic E-state index is 13.1. The fraction of sp³-hybridized carbons (Fsp3) is 0.632. The first-order valence-corrected chi connectivity index (χ1v) is 9.30. The van der Waals surface area contributed by atoms with Crippen LogP contribution in [0.5, 0.6) is 0 Å². The Hall–Kier alpha value is -2.15. The number of aromatic nitrogens is 2. The van der Waals surface area contributed by atoms with Crippen molar-refractivity contribution in [1.29, 1.82) is 0 Å². The number of fused-ring (bicyclic) bond motifs is 1. The van der Waals surface area contributed by atoms with Crippen LogP contribution in [0.4, 0.5) is 0 Å². The number of amides is 2. The van der Waals surface area contributed by atoms with Crippen molar-refractivity contribution in [3.8, 4) is 0 Å². The summed E-state index contributed by atoms with van der Waals surface area (Å²) in [7, 11) is 1.75. The van der Waals surface area contributed by atoms with E-state index in [1.165, 1.54) is 0 Å². The van der Waals surface area contributed by atoms with Crippen LogP contribution in [0.15, 0.2) is 24.5 Å². The topological polar surface area (TPSA) is 78.5 Å². The van der Waals surface area contributed by atoms with Crippen molar-refractivity contribution in [1.82, 2.24) is 19.8 Å². The second-order valence-corrected chi connectivity index (χ2v) is 8.07. The zero-order chi connectivity index (χ0) is 18.5. The van der Waals surface area contributed by atoms with Crippen LogP contribution in [0.25, 0.3) is 0 Å². The van der Waals surface area contributed by atoms with Gasteiger partial charge in [-0.05, 0) is 12.3 Å². The van der Waals surface area contributed by atoms with Crippen LogP contribution >= 0.6 is 0 Å². The van der Waals surface area contributed by atoms with Gasteiger partial charge in [-0.3, -0.25) is 9.59 Å². The molecule has 2 saturated heterocycles. The molecule has 1 aromatic rings. The number of H-pyrrole nitrogens is 1. The van der Waals surface area contributed by atoms with Crippen molar-refractivity contribution in [2.75, 3.05) is 20.1 Å². The van der Waals surface area contributed by atoms with Crippen LogP contribution in [0.2, 0.25) is 0 Å². The molecule has 3 aliphatic heterocycles. The third kappa shape index (κ3) is 2.65. The minimum Gasteiger partial charge on any atom is -0.360 e. The molecule has 0 radical (unpaired) electrons. The number of hydrogen-bond acceptors (Lipinski definition) is 4. The number of likely N-dealkylation sites (tertiary alicyclic amines) is 1. The molecule has 2 bridgehead atoms. The normalized spacial score (nSPS) is 31.9. The largest absolute Gasteiger partial charge is 0.360 e. The molecule has 4 heterocycles. The van der Waals surface area contributed by atoms with Crippen LogP contribution in [-0.2, 0) is 20.9 Å². The monoisotopic (exact) mass is 358 g/mol. The molecular formula is C19H26N4O3. The van der Waals surface area contributed by atoms with E-state index in [2.05, 4.69) is 23.8 Å². The van der Waals surface area contributed by atoms with Gasteiger partial charge in [0.15, 0.2) is 0 Å². The molecule has 26 heavy (non-hydrogen) atoms. The van der Waals surface area contributed by atoms with E-state index in [9.17, 15) is 9.59 Å². The van der Waals surface area contributed by atoms with Gasteiger partial charge in [-0.25, -0.2) is 4.98 Å². The van der Waals surface area contributed by atoms with Crippen molar-refractivity contribution in [3.63, 3.8) is 0 Å². The lowest BCUT2D eigenvalue weighted by molar-refractivity contribution is -0.142. The van der Waals surface area contributed by atoms with Crippen LogP contribution < -0.4 is 0 Å². The van der Waals surface area contributed by atoms with E-state index in [1.807, 2.05) is 17.1 Å². The van der Waals surface area contributed by atoms with Crippen molar-refractivity contribution in [2.45, 2.75) is 38.5 Å². The Morgan fingerprint density at radius 2 is 2.35 bits per heavy atom. The number of carbonyl (C=O) groups excluding carboxylic acids is 2. The molecule has 7 heteroatoms. The number of hydrogen-bond donors (Lipinski definition) is 1. The van der Waals surface area contributed by atoms with Crippen molar-refractivity contribution < 1.29 is 14.3 Å². The average molecular weight is 358 g/mol. The third-order valence-corrected chi connectivity index (χ3v) is 5.76. The predicted molar refractivity (Wildman–Crippen MR) is 94.8 cm³/mol. The highest BCUT2D eigenvalue weighted by Crippen LogP contribution is 2.52. The minimum atomic E-state index is -0.620. The Morgan fingerprint density at radius 3 is 3.04 bits per heavy atom. The van der Waals surface area contributed by atoms with Crippen LogP contribution in [-0.4, -0.2) is 63.4 Å². The Kier molecular flexibility index (Phi) is 4.14. The lowest BCUT2D eigenvalue weighted by Crippen LogP contribution is -2.44. The average Bonchev–Trinajstić information content (AvgIpc) is 3.35. The lowest BCUT2D eigenvalue weighted by atomic mass is 9.76. The maximum atomic E-state index is 13.1. The highest BCUT2D eigenvalue weighted by atomic mass is 16.5. The van der Waals surface area contributed by atoms with Gasteiger partial charge in [0.25, 0.3) is 0 Å². The Labute approximate surface area is 153 Å². The Bertz CT molecular complexity index is 729. The molecule has 4 rings (SSSR count). The van der Waals surface area contributed by atoms with E-state index in [4.69, 9.17) is 4.74 Å². The van der Waals surface area contributed by atoms with Crippen LogP contribution in [0, 0.1) is 17.8 Å². The fourth-order valence-corrected chi connectivity index (χ4v) is 4.40. The van der Waals surface area contributed by atoms with E-state index < -0.39 is 17.4 Å². The molecule has 0 unspecified atom stereocenters. The number of carbonyl (C=O) groups is 2. The molecule has 2 fully saturated rings. The fourth-order valence-electron chi connectivity index (χ4n) is 4.40. The summed E-state index contributed by atoms with van der Waals surface area (Å²) in [6.07, 6.45) is 8.02. The molecule has 0 saturated carbocycles. The second-order valence-electron chi connectivity index (χ2n) is 8.07. The number of imidazole rings is 1. The molecule has 1 N–H and O–H groups in total. The predicted octanol–water partition coefficient (Wildman–Crippen LogP) is 1.20. The lowest BCUT2D eigenvalue weighted by Gasteiger charge is -2.27. The van der Waals surface area contributed by atoms with E-state index in [0.717, 1.165) is 18.8 Å². The summed E-state index contributed by atoms with van der Waals surface area (Å²) in [5, 5.41) is 0. The van der Waals surface area contributed by atoms with E-state index in [1.54, 1.807) is 24.3 Å². The Balaban J connectivity index is 1.52. The summed E-state index contributed by atoms with van der Waals surface area (Å²) in [6.45, 7) is 5.97. The van der Waals surface area contributed by atoms with E-state index >= 15 is 0 Å². The van der Waals surface area contributed by atoms with Gasteiger partial charge in [0.05, 0.1) is 31.0 Å². The first kappa shape index (κ1) is 17.3. The van der Waals surface area contributed by atoms with Gasteiger partial charge in [0.1, 0.15) is 11.4 Å². The van der Waals surface area contributed by atoms with Gasteiger partial charge in [0, 0.05) is 26.0 Å². The summed E-state index contributed by atoms with van der Waals surface area (Å²) >= 11 is 0. The van der Waals surface area contributed by atoms with Gasteiger partial charge in [-0.2, -0.15) is 0 Å². The van der Waals surface area contributed by atoms with E-state index in [0.29, 0.717) is 19.0 Å². The van der Waals surface area contributed by atoms with Crippen molar-refractivity contribution >= 4 is 11.8 Å². The molecule has 1 aromatic heterocycles. The molecule has 0 aliphatic carbocycles. The molecule has 3 aliphatic rings. The molecule has 1 spiro atoms. The summed E-state index contributed by atoms with van der Waals surface area (Å²) in [5.74, 6) is 0.411. The van der Waals surface area contributed by atoms with Gasteiger partial charge in [0.2, 0.25) is 11.8 Å². The number of ether oxygens (including phenoxy) is 1.